The summed E-state index contributed by atoms with van der Waals surface area (Å²) in [5.74, 6) is -0.763. The molecule has 0 bridgehead atoms. The maximum absolute atomic E-state index is 13.0. The van der Waals surface area contributed by atoms with Crippen molar-refractivity contribution in [3.05, 3.63) is 24.3 Å². The number of phosphoric acid groups is 2. The molecule has 0 radical (unpaired) electrons. The van der Waals surface area contributed by atoms with Crippen LogP contribution in [0.15, 0.2) is 24.3 Å². The molecule has 0 amide bonds. The van der Waals surface area contributed by atoms with E-state index >= 15 is 0 Å². The van der Waals surface area contributed by atoms with Gasteiger partial charge in [0.15, 0.2) is 12.2 Å². The molecule has 0 saturated heterocycles. The van der Waals surface area contributed by atoms with Gasteiger partial charge in [-0.25, -0.2) is 9.13 Å². The Morgan fingerprint density at radius 1 is 0.365 bits per heavy atom. The lowest BCUT2D eigenvalue weighted by atomic mass is 10.0. The highest BCUT2D eigenvalue weighted by molar-refractivity contribution is 7.47. The topological polar surface area (TPSA) is 237 Å². The molecule has 0 aliphatic rings. The number of carbonyl (C=O) groups excluding carboxylic acids is 4. The summed E-state index contributed by atoms with van der Waals surface area (Å²) >= 11 is 0. The van der Waals surface area contributed by atoms with Crippen LogP contribution < -0.4 is 0 Å². The van der Waals surface area contributed by atoms with Crippen molar-refractivity contribution in [2.45, 2.75) is 323 Å². The molecule has 0 aliphatic carbocycles. The van der Waals surface area contributed by atoms with Crippen LogP contribution >= 0.6 is 15.6 Å². The second-order valence-electron chi connectivity index (χ2n) is 24.1. The van der Waals surface area contributed by atoms with Gasteiger partial charge in [0.05, 0.1) is 26.4 Å². The van der Waals surface area contributed by atoms with Crippen molar-refractivity contribution in [3.8, 4) is 0 Å². The highest BCUT2D eigenvalue weighted by atomic mass is 31.2. The van der Waals surface area contributed by atoms with E-state index < -0.39 is 97.5 Å². The fraction of sp³-hybridized carbons (Fsp3) is 0.879. The van der Waals surface area contributed by atoms with Gasteiger partial charge in [-0.1, -0.05) is 252 Å². The summed E-state index contributed by atoms with van der Waals surface area (Å²) in [6.07, 6.45) is 44.1. The van der Waals surface area contributed by atoms with Gasteiger partial charge in [-0.15, -0.1) is 0 Å². The van der Waals surface area contributed by atoms with Crippen molar-refractivity contribution in [3.63, 3.8) is 0 Å². The van der Waals surface area contributed by atoms with Gasteiger partial charge in [-0.05, 0) is 63.2 Å². The molecule has 0 rings (SSSR count). The number of carbonyl (C=O) groups is 4. The van der Waals surface area contributed by atoms with Crippen molar-refractivity contribution in [1.29, 1.82) is 0 Å². The van der Waals surface area contributed by atoms with Crippen LogP contribution in [0.3, 0.4) is 0 Å². The first-order chi connectivity index (χ1) is 40.9. The molecule has 0 fully saturated rings. The molecule has 0 aromatic carbocycles. The fourth-order valence-electron chi connectivity index (χ4n) is 9.34. The monoisotopic (exact) mass is 1250 g/mol. The summed E-state index contributed by atoms with van der Waals surface area (Å²) in [6.45, 7) is 9.31. The molecule has 0 spiro atoms. The van der Waals surface area contributed by atoms with Crippen molar-refractivity contribution in [2.75, 3.05) is 39.6 Å². The second-order valence-corrected chi connectivity index (χ2v) is 27.0. The van der Waals surface area contributed by atoms with Gasteiger partial charge in [0, 0.05) is 25.7 Å². The summed E-state index contributed by atoms with van der Waals surface area (Å²) in [5, 5.41) is 10.5. The lowest BCUT2D eigenvalue weighted by Gasteiger charge is -2.21. The molecular weight excluding hydrogens is 1130 g/mol. The maximum Gasteiger partial charge on any atom is 0.472 e. The first-order valence-electron chi connectivity index (χ1n) is 33.8. The molecule has 17 nitrogen and oxygen atoms in total. The van der Waals surface area contributed by atoms with Crippen LogP contribution in [0.5, 0.6) is 0 Å². The lowest BCUT2D eigenvalue weighted by molar-refractivity contribution is -0.161. The number of rotatable bonds is 63. The average molecular weight is 1250 g/mol. The van der Waals surface area contributed by atoms with E-state index in [4.69, 9.17) is 37.0 Å². The minimum absolute atomic E-state index is 0.0841. The quantitative estimate of drug-likeness (QED) is 0.0169. The van der Waals surface area contributed by atoms with Crippen LogP contribution in [-0.4, -0.2) is 96.7 Å². The Morgan fingerprint density at radius 3 is 0.965 bits per heavy atom. The first-order valence-corrected chi connectivity index (χ1v) is 36.8. The molecule has 5 atom stereocenters. The molecule has 85 heavy (non-hydrogen) atoms. The van der Waals surface area contributed by atoms with E-state index in [1.165, 1.54) is 96.3 Å². The lowest BCUT2D eigenvalue weighted by Crippen LogP contribution is -2.30. The number of aliphatic hydroxyl groups is 1. The molecule has 0 heterocycles. The van der Waals surface area contributed by atoms with E-state index in [1.54, 1.807) is 0 Å². The molecule has 0 saturated carbocycles. The van der Waals surface area contributed by atoms with E-state index in [0.717, 1.165) is 121 Å². The molecule has 19 heteroatoms. The average Bonchev–Trinajstić information content (AvgIpc) is 3.48. The summed E-state index contributed by atoms with van der Waals surface area (Å²) < 4.78 is 68.0. The predicted molar refractivity (Wildman–Crippen MR) is 340 cm³/mol. The van der Waals surface area contributed by atoms with Crippen LogP contribution in [0, 0.1) is 11.8 Å². The number of unbranched alkanes of at least 4 members (excludes halogenated alkanes) is 30. The third-order valence-electron chi connectivity index (χ3n) is 14.6. The number of ether oxygens (including phenoxy) is 4. The summed E-state index contributed by atoms with van der Waals surface area (Å²) in [6, 6.07) is 0. The van der Waals surface area contributed by atoms with Crippen molar-refractivity contribution >= 4 is 39.5 Å². The van der Waals surface area contributed by atoms with Crippen LogP contribution in [-0.2, 0) is 65.4 Å². The van der Waals surface area contributed by atoms with Gasteiger partial charge in [0.2, 0.25) is 0 Å². The Hall–Kier alpha value is -2.46. The Labute approximate surface area is 516 Å². The number of phosphoric ester groups is 2. The largest absolute Gasteiger partial charge is 0.472 e. The van der Waals surface area contributed by atoms with Crippen molar-refractivity contribution < 1.29 is 80.2 Å². The van der Waals surface area contributed by atoms with E-state index in [1.807, 2.05) is 0 Å². The second kappa shape index (κ2) is 57.9. The molecule has 500 valence electrons. The highest BCUT2D eigenvalue weighted by Gasteiger charge is 2.30. The van der Waals surface area contributed by atoms with Crippen LogP contribution in [0.1, 0.15) is 305 Å². The van der Waals surface area contributed by atoms with Gasteiger partial charge in [0.1, 0.15) is 19.3 Å². The zero-order chi connectivity index (χ0) is 62.9. The van der Waals surface area contributed by atoms with Crippen molar-refractivity contribution in [2.24, 2.45) is 11.8 Å². The smallest absolute Gasteiger partial charge is 0.462 e. The minimum Gasteiger partial charge on any atom is -0.462 e. The third kappa shape index (κ3) is 60.2. The zero-order valence-corrected chi connectivity index (χ0v) is 56.2. The standard InChI is InChI=1S/C66H124O17P2/c1-7-9-11-13-15-17-19-20-21-22-23-25-31-39-45-51-66(71)82-61(54-76-63(68)48-42-36-29-27-26-28-34-40-46-58(3)4)56-80-84(72,73)78-52-60(67)53-79-85(74,75)81-57-62(55-77-64(69)49-43-37-33-32-35-41-47-59(5)6)83-65(70)50-44-38-30-24-18-16-14-12-10-8-2/h17,19-21,58-62,67H,7-16,18,22-57H2,1-6H3,(H,72,73)(H,74,75)/b19-17-,21-20-/t60-,61-,62-/m1/s1. The Morgan fingerprint density at radius 2 is 0.635 bits per heavy atom. The van der Waals surface area contributed by atoms with Gasteiger partial charge < -0.3 is 33.8 Å². The molecule has 2 unspecified atom stereocenters. The summed E-state index contributed by atoms with van der Waals surface area (Å²) in [4.78, 5) is 72.2. The zero-order valence-electron chi connectivity index (χ0n) is 54.4. The Bertz CT molecular complexity index is 1760. The molecule has 0 aliphatic heterocycles. The maximum atomic E-state index is 13.0. The summed E-state index contributed by atoms with van der Waals surface area (Å²) in [5.41, 5.74) is 0. The van der Waals surface area contributed by atoms with Gasteiger partial charge in [0.25, 0.3) is 0 Å². The predicted octanol–water partition coefficient (Wildman–Crippen LogP) is 18.0. The summed E-state index contributed by atoms with van der Waals surface area (Å²) in [7, 11) is -9.90. The number of hydrogen-bond donors (Lipinski definition) is 3. The number of aliphatic hydroxyl groups excluding tert-OH is 1. The number of allylic oxidation sites excluding steroid dienone is 4. The van der Waals surface area contributed by atoms with E-state index in [9.17, 15) is 43.2 Å². The fourth-order valence-corrected chi connectivity index (χ4v) is 10.9. The van der Waals surface area contributed by atoms with Crippen LogP contribution in [0.2, 0.25) is 0 Å². The van der Waals surface area contributed by atoms with E-state index in [2.05, 4.69) is 65.8 Å². The Kier molecular flexibility index (Phi) is 56.3. The van der Waals surface area contributed by atoms with E-state index in [0.29, 0.717) is 31.6 Å². The van der Waals surface area contributed by atoms with Crippen molar-refractivity contribution in [1.82, 2.24) is 0 Å². The Balaban J connectivity index is 5.27. The molecular formula is C66H124O17P2. The minimum atomic E-state index is -4.95. The molecule has 3 N–H and O–H groups in total. The van der Waals surface area contributed by atoms with Crippen LogP contribution in [0.25, 0.3) is 0 Å². The van der Waals surface area contributed by atoms with E-state index in [-0.39, 0.29) is 25.7 Å². The number of hydrogen-bond acceptors (Lipinski definition) is 15. The van der Waals surface area contributed by atoms with Gasteiger partial charge >= 0.3 is 39.5 Å². The molecule has 0 aromatic rings. The number of esters is 4. The molecule has 0 aromatic heterocycles. The van der Waals surface area contributed by atoms with Gasteiger partial charge in [-0.3, -0.25) is 37.3 Å². The highest BCUT2D eigenvalue weighted by Crippen LogP contribution is 2.45. The third-order valence-corrected chi connectivity index (χ3v) is 16.5. The normalized spacial score (nSPS) is 14.4. The van der Waals surface area contributed by atoms with Gasteiger partial charge in [-0.2, -0.15) is 0 Å². The first kappa shape index (κ1) is 82.5. The SMILES string of the molecule is CCCCCC/C=C\C=C/CCCCCCCC(=O)O[C@H](COC(=O)CCCCCCCCCCC(C)C)COP(=O)(O)OC[C@@H](O)COP(=O)(O)OC[C@@H](COC(=O)CCCCCCCCC(C)C)OC(=O)CCCCCCCCCCCC. The van der Waals surface area contributed by atoms with Crippen LogP contribution in [0.4, 0.5) is 0 Å².